The van der Waals surface area contributed by atoms with Gasteiger partial charge >= 0.3 is 0 Å². The maximum Gasteiger partial charge on any atom is 0.211 e. The van der Waals surface area contributed by atoms with E-state index in [2.05, 4.69) is 15.1 Å². The first-order valence-corrected chi connectivity index (χ1v) is 8.39. The summed E-state index contributed by atoms with van der Waals surface area (Å²) in [7, 11) is 0. The van der Waals surface area contributed by atoms with Crippen molar-refractivity contribution in [3.63, 3.8) is 0 Å². The van der Waals surface area contributed by atoms with Crippen LogP contribution >= 0.6 is 34.5 Å². The Morgan fingerprint density at radius 2 is 2.04 bits per heavy atom. The van der Waals surface area contributed by atoms with Crippen LogP contribution in [0.15, 0.2) is 58.1 Å². The zero-order valence-electron chi connectivity index (χ0n) is 12.1. The molecule has 0 N–H and O–H groups in total. The molecule has 1 aromatic carbocycles. The monoisotopic (exact) mass is 362 g/mol. The van der Waals surface area contributed by atoms with Crippen molar-refractivity contribution in [2.75, 3.05) is 0 Å². The quantitative estimate of drug-likeness (QED) is 0.624. The van der Waals surface area contributed by atoms with Gasteiger partial charge in [-0.2, -0.15) is 5.10 Å². The lowest BCUT2D eigenvalue weighted by Gasteiger charge is -1.99. The van der Waals surface area contributed by atoms with Gasteiger partial charge in [-0.1, -0.05) is 29.3 Å². The van der Waals surface area contributed by atoms with Crippen LogP contribution in [0.4, 0.5) is 5.69 Å². The number of rotatable bonds is 3. The van der Waals surface area contributed by atoms with E-state index < -0.39 is 0 Å². The zero-order chi connectivity index (χ0) is 16.2. The predicted octanol–water partition coefficient (Wildman–Crippen LogP) is 4.67. The van der Waals surface area contributed by atoms with Crippen molar-refractivity contribution in [2.24, 2.45) is 10.1 Å². The molecule has 0 fully saturated rings. The summed E-state index contributed by atoms with van der Waals surface area (Å²) in [4.78, 5) is 9.54. The highest BCUT2D eigenvalue weighted by atomic mass is 35.5. The minimum absolute atomic E-state index is 0.477. The number of hydrogen-bond acceptors (Lipinski definition) is 4. The van der Waals surface area contributed by atoms with Gasteiger partial charge in [0.15, 0.2) is 0 Å². The Bertz CT molecular complexity index is 913. The third-order valence-corrected chi connectivity index (χ3v) is 4.64. The number of benzene rings is 1. The molecule has 4 nitrogen and oxygen atoms in total. The number of thiazole rings is 1. The molecule has 0 saturated heterocycles. The van der Waals surface area contributed by atoms with E-state index in [-0.39, 0.29) is 0 Å². The van der Waals surface area contributed by atoms with Gasteiger partial charge in [0.25, 0.3) is 0 Å². The summed E-state index contributed by atoms with van der Waals surface area (Å²) in [6.07, 6.45) is 3.43. The molecular formula is C16H12Cl2N4S. The highest BCUT2D eigenvalue weighted by Gasteiger charge is 2.02. The standard InChI is InChI=1S/C16H12Cl2N4S/c1-11-10-23-16(21-12-5-6-14(17)15(18)8-12)22(11)20-9-13-4-2-3-7-19-13/h2-10H,1H3/b20-9+,21-16?. The van der Waals surface area contributed by atoms with Crippen LogP contribution in [-0.2, 0) is 0 Å². The number of pyridine rings is 1. The molecule has 3 aromatic rings. The number of nitrogens with zero attached hydrogens (tertiary/aromatic N) is 4. The van der Waals surface area contributed by atoms with Crippen molar-refractivity contribution < 1.29 is 0 Å². The summed E-state index contributed by atoms with van der Waals surface area (Å²) in [5.74, 6) is 0. The Kier molecular flexibility index (Phi) is 4.91. The van der Waals surface area contributed by atoms with Gasteiger partial charge in [0.2, 0.25) is 4.80 Å². The maximum absolute atomic E-state index is 6.03. The zero-order valence-corrected chi connectivity index (χ0v) is 14.5. The summed E-state index contributed by atoms with van der Waals surface area (Å²) >= 11 is 13.5. The SMILES string of the molecule is Cc1csc(=Nc2ccc(Cl)c(Cl)c2)n1/N=C/c1ccccn1. The van der Waals surface area contributed by atoms with E-state index in [9.17, 15) is 0 Å². The van der Waals surface area contributed by atoms with Crippen molar-refractivity contribution in [1.82, 2.24) is 9.66 Å². The van der Waals surface area contributed by atoms with Crippen LogP contribution in [0, 0.1) is 6.92 Å². The number of hydrogen-bond donors (Lipinski definition) is 0. The topological polar surface area (TPSA) is 42.5 Å². The maximum atomic E-state index is 6.03. The molecule has 116 valence electrons. The van der Waals surface area contributed by atoms with Crippen LogP contribution < -0.4 is 4.80 Å². The fraction of sp³-hybridized carbons (Fsp3) is 0.0625. The summed E-state index contributed by atoms with van der Waals surface area (Å²) in [5, 5.41) is 7.44. The highest BCUT2D eigenvalue weighted by Crippen LogP contribution is 2.26. The lowest BCUT2D eigenvalue weighted by atomic mass is 10.3. The summed E-state index contributed by atoms with van der Waals surface area (Å²) in [5.41, 5.74) is 2.50. The first-order chi connectivity index (χ1) is 11.1. The molecule has 0 amide bonds. The second-order valence-electron chi connectivity index (χ2n) is 4.68. The van der Waals surface area contributed by atoms with Crippen molar-refractivity contribution in [2.45, 2.75) is 6.92 Å². The van der Waals surface area contributed by atoms with Crippen molar-refractivity contribution in [3.05, 3.63) is 74.2 Å². The van der Waals surface area contributed by atoms with Gasteiger partial charge in [0, 0.05) is 11.6 Å². The molecule has 0 aliphatic carbocycles. The van der Waals surface area contributed by atoms with Gasteiger partial charge in [-0.25, -0.2) is 9.67 Å². The molecule has 0 radical (unpaired) electrons. The van der Waals surface area contributed by atoms with E-state index in [0.29, 0.717) is 10.0 Å². The van der Waals surface area contributed by atoms with Gasteiger partial charge in [0.05, 0.1) is 33.3 Å². The molecule has 0 atom stereocenters. The second kappa shape index (κ2) is 7.08. The summed E-state index contributed by atoms with van der Waals surface area (Å²) in [6, 6.07) is 10.9. The molecule has 3 rings (SSSR count). The fourth-order valence-electron chi connectivity index (χ4n) is 1.84. The van der Waals surface area contributed by atoms with Gasteiger partial charge in [-0.05, 0) is 37.3 Å². The molecule has 0 aliphatic heterocycles. The normalized spacial score (nSPS) is 12.2. The van der Waals surface area contributed by atoms with Gasteiger partial charge in [-0.15, -0.1) is 11.3 Å². The fourth-order valence-corrected chi connectivity index (χ4v) is 2.95. The Morgan fingerprint density at radius 3 is 2.78 bits per heavy atom. The van der Waals surface area contributed by atoms with Crippen molar-refractivity contribution in [3.8, 4) is 0 Å². The van der Waals surface area contributed by atoms with Crippen LogP contribution in [-0.4, -0.2) is 15.9 Å². The molecule has 0 aliphatic rings. The lowest BCUT2D eigenvalue weighted by molar-refractivity contribution is 0.809. The molecular weight excluding hydrogens is 351 g/mol. The van der Waals surface area contributed by atoms with E-state index in [1.54, 1.807) is 29.2 Å². The van der Waals surface area contributed by atoms with Crippen LogP contribution in [0.3, 0.4) is 0 Å². The lowest BCUT2D eigenvalue weighted by Crippen LogP contribution is -2.11. The molecule has 23 heavy (non-hydrogen) atoms. The average Bonchev–Trinajstić information content (AvgIpc) is 2.90. The molecule has 7 heteroatoms. The molecule has 0 bridgehead atoms. The molecule has 0 spiro atoms. The smallest absolute Gasteiger partial charge is 0.211 e. The molecule has 2 heterocycles. The van der Waals surface area contributed by atoms with Gasteiger partial charge < -0.3 is 0 Å². The molecule has 2 aromatic heterocycles. The molecule has 0 unspecified atom stereocenters. The number of halogens is 2. The third-order valence-electron chi connectivity index (χ3n) is 2.97. The second-order valence-corrected chi connectivity index (χ2v) is 6.33. The largest absolute Gasteiger partial charge is 0.255 e. The minimum atomic E-state index is 0.477. The Labute approximate surface area is 147 Å². The third kappa shape index (κ3) is 3.88. The number of aromatic nitrogens is 2. The number of aryl methyl sites for hydroxylation is 1. The van der Waals surface area contributed by atoms with E-state index in [4.69, 9.17) is 23.2 Å². The van der Waals surface area contributed by atoms with Crippen LogP contribution in [0.2, 0.25) is 10.0 Å². The summed E-state index contributed by atoms with van der Waals surface area (Å²) < 4.78 is 1.77. The molecule has 0 saturated carbocycles. The first kappa shape index (κ1) is 15.9. The van der Waals surface area contributed by atoms with Crippen molar-refractivity contribution >= 4 is 46.4 Å². The van der Waals surface area contributed by atoms with E-state index in [1.807, 2.05) is 36.6 Å². The van der Waals surface area contributed by atoms with E-state index in [1.165, 1.54) is 11.3 Å². The van der Waals surface area contributed by atoms with E-state index >= 15 is 0 Å². The van der Waals surface area contributed by atoms with Crippen LogP contribution in [0.1, 0.15) is 11.4 Å². The average molecular weight is 363 g/mol. The predicted molar refractivity (Wildman–Crippen MR) is 96.0 cm³/mol. The van der Waals surface area contributed by atoms with Crippen LogP contribution in [0.5, 0.6) is 0 Å². The highest BCUT2D eigenvalue weighted by molar-refractivity contribution is 7.07. The minimum Gasteiger partial charge on any atom is -0.255 e. The van der Waals surface area contributed by atoms with Gasteiger partial charge in [-0.3, -0.25) is 4.98 Å². The van der Waals surface area contributed by atoms with Gasteiger partial charge in [0.1, 0.15) is 0 Å². The van der Waals surface area contributed by atoms with Crippen LogP contribution in [0.25, 0.3) is 0 Å². The summed E-state index contributed by atoms with van der Waals surface area (Å²) in [6.45, 7) is 1.97. The Morgan fingerprint density at radius 1 is 1.17 bits per heavy atom. The first-order valence-electron chi connectivity index (χ1n) is 6.76. The Hall–Kier alpha value is -1.95. The van der Waals surface area contributed by atoms with Crippen molar-refractivity contribution in [1.29, 1.82) is 0 Å². The Balaban J connectivity index is 2.00. The van der Waals surface area contributed by atoms with E-state index in [0.717, 1.165) is 21.9 Å².